The van der Waals surface area contributed by atoms with E-state index >= 15 is 0 Å². The molecule has 0 atom stereocenters. The molecule has 1 heterocycles. The van der Waals surface area contributed by atoms with Crippen LogP contribution in [0, 0.1) is 6.20 Å². The molecule has 0 aromatic carbocycles. The average Bonchev–Trinajstić information content (AvgIpc) is 2.34. The average molecular weight is 124 g/mol. The van der Waals surface area contributed by atoms with Crippen molar-refractivity contribution in [2.24, 2.45) is 0 Å². The topological polar surface area (TPSA) is 26.0 Å². The van der Waals surface area contributed by atoms with E-state index in [1.165, 1.54) is 12.8 Å². The third-order valence-corrected chi connectivity index (χ3v) is 1.24. The molecule has 49 valence electrons. The summed E-state index contributed by atoms with van der Waals surface area (Å²) in [5.41, 5.74) is 1.08. The summed E-state index contributed by atoms with van der Waals surface area (Å²) in [5.74, 6) is 0. The second-order valence-corrected chi connectivity index (χ2v) is 2.06. The Hall–Kier alpha value is -0.790. The third kappa shape index (κ3) is 1.88. The van der Waals surface area contributed by atoms with Crippen LogP contribution in [0.15, 0.2) is 10.8 Å². The normalized spacial score (nSPS) is 9.89. The first kappa shape index (κ1) is 6.33. The lowest BCUT2D eigenvalue weighted by molar-refractivity contribution is 0.417. The van der Waals surface area contributed by atoms with Crippen molar-refractivity contribution in [2.45, 2.75) is 26.2 Å². The standard InChI is InChI=1S/C7H10NO/c1-2-3-4-7-5-8-9-6-7/h6H,2-4H2,1H3. The predicted octanol–water partition coefficient (Wildman–Crippen LogP) is 1.82. The number of aromatic nitrogens is 1. The lowest BCUT2D eigenvalue weighted by atomic mass is 10.2. The van der Waals surface area contributed by atoms with E-state index in [0.717, 1.165) is 12.0 Å². The fourth-order valence-electron chi connectivity index (χ4n) is 0.683. The Morgan fingerprint density at radius 3 is 3.22 bits per heavy atom. The number of nitrogens with zero attached hydrogens (tertiary/aromatic N) is 1. The number of unbranched alkanes of at least 4 members (excludes halogenated alkanes) is 1. The first-order valence-corrected chi connectivity index (χ1v) is 3.24. The van der Waals surface area contributed by atoms with Crippen LogP contribution in [0.4, 0.5) is 0 Å². The molecule has 0 bridgehead atoms. The van der Waals surface area contributed by atoms with E-state index in [0.29, 0.717) is 0 Å². The largest absolute Gasteiger partial charge is 0.364 e. The highest BCUT2D eigenvalue weighted by Gasteiger charge is 1.92. The smallest absolute Gasteiger partial charge is 0.139 e. The van der Waals surface area contributed by atoms with Crippen LogP contribution in [0.1, 0.15) is 25.3 Å². The lowest BCUT2D eigenvalue weighted by Crippen LogP contribution is -1.78. The van der Waals surface area contributed by atoms with Gasteiger partial charge in [-0.2, -0.15) is 0 Å². The van der Waals surface area contributed by atoms with Gasteiger partial charge in [0.25, 0.3) is 0 Å². The van der Waals surface area contributed by atoms with Crippen molar-refractivity contribution in [1.82, 2.24) is 5.16 Å². The van der Waals surface area contributed by atoms with Crippen LogP contribution in [0.2, 0.25) is 0 Å². The van der Waals surface area contributed by atoms with Crippen molar-refractivity contribution >= 4 is 0 Å². The molecule has 0 saturated carbocycles. The number of rotatable bonds is 3. The van der Waals surface area contributed by atoms with E-state index < -0.39 is 0 Å². The molecule has 0 aliphatic rings. The molecule has 0 unspecified atom stereocenters. The minimum absolute atomic E-state index is 1.04. The molecule has 1 rings (SSSR count). The van der Waals surface area contributed by atoms with Crippen LogP contribution >= 0.6 is 0 Å². The first-order valence-electron chi connectivity index (χ1n) is 3.24. The highest BCUT2D eigenvalue weighted by molar-refractivity contribution is 4.97. The van der Waals surface area contributed by atoms with Crippen LogP contribution in [-0.4, -0.2) is 5.16 Å². The highest BCUT2D eigenvalue weighted by atomic mass is 16.5. The molecular formula is C7H10NO. The SMILES string of the molecule is CCCCc1[c]noc1. The summed E-state index contributed by atoms with van der Waals surface area (Å²) in [6.45, 7) is 2.16. The van der Waals surface area contributed by atoms with Gasteiger partial charge in [-0.3, -0.25) is 0 Å². The molecule has 0 fully saturated rings. The van der Waals surface area contributed by atoms with Crippen molar-refractivity contribution in [2.75, 3.05) is 0 Å². The number of aryl methyl sites for hydroxylation is 1. The van der Waals surface area contributed by atoms with E-state index in [1.807, 2.05) is 0 Å². The Bertz CT molecular complexity index is 146. The minimum Gasteiger partial charge on any atom is -0.364 e. The Morgan fingerprint density at radius 2 is 2.67 bits per heavy atom. The van der Waals surface area contributed by atoms with E-state index in [9.17, 15) is 0 Å². The van der Waals surface area contributed by atoms with Crippen LogP contribution in [0.25, 0.3) is 0 Å². The van der Waals surface area contributed by atoms with Gasteiger partial charge in [-0.05, 0) is 12.8 Å². The molecule has 2 nitrogen and oxygen atoms in total. The molecule has 0 amide bonds. The summed E-state index contributed by atoms with van der Waals surface area (Å²) in [6.07, 6.45) is 7.84. The monoisotopic (exact) mass is 124 g/mol. The third-order valence-electron chi connectivity index (χ3n) is 1.24. The van der Waals surface area contributed by atoms with Crippen LogP contribution in [0.3, 0.4) is 0 Å². The Morgan fingerprint density at radius 1 is 1.78 bits per heavy atom. The van der Waals surface area contributed by atoms with Gasteiger partial charge in [-0.1, -0.05) is 18.5 Å². The second kappa shape index (κ2) is 3.28. The van der Waals surface area contributed by atoms with Crippen LogP contribution in [-0.2, 0) is 6.42 Å². The van der Waals surface area contributed by atoms with Crippen LogP contribution in [0.5, 0.6) is 0 Å². The minimum atomic E-state index is 1.04. The maximum absolute atomic E-state index is 4.61. The molecule has 0 aliphatic carbocycles. The molecular weight excluding hydrogens is 114 g/mol. The molecule has 1 radical (unpaired) electrons. The summed E-state index contributed by atoms with van der Waals surface area (Å²) < 4.78 is 4.61. The quantitative estimate of drug-likeness (QED) is 0.614. The fraction of sp³-hybridized carbons (Fsp3) is 0.571. The lowest BCUT2D eigenvalue weighted by Gasteiger charge is -1.87. The summed E-state index contributed by atoms with van der Waals surface area (Å²) in [6, 6.07) is 0. The van der Waals surface area contributed by atoms with Crippen molar-refractivity contribution in [3.05, 3.63) is 18.0 Å². The zero-order valence-corrected chi connectivity index (χ0v) is 5.55. The molecule has 0 aliphatic heterocycles. The Labute approximate surface area is 54.9 Å². The Balaban J connectivity index is 2.30. The van der Waals surface area contributed by atoms with Gasteiger partial charge in [0, 0.05) is 5.56 Å². The fourth-order valence-corrected chi connectivity index (χ4v) is 0.683. The first-order chi connectivity index (χ1) is 4.43. The Kier molecular flexibility index (Phi) is 2.31. The molecule has 9 heavy (non-hydrogen) atoms. The van der Waals surface area contributed by atoms with Gasteiger partial charge in [0.05, 0.1) is 0 Å². The summed E-state index contributed by atoms with van der Waals surface area (Å²) in [7, 11) is 0. The molecule has 1 aromatic heterocycles. The predicted molar refractivity (Wildman–Crippen MR) is 34.0 cm³/mol. The molecule has 0 N–H and O–H groups in total. The molecule has 0 spiro atoms. The van der Waals surface area contributed by atoms with Gasteiger partial charge in [-0.15, -0.1) is 0 Å². The van der Waals surface area contributed by atoms with Crippen molar-refractivity contribution < 1.29 is 4.52 Å². The second-order valence-electron chi connectivity index (χ2n) is 2.06. The molecule has 0 saturated heterocycles. The van der Waals surface area contributed by atoms with Gasteiger partial charge in [0.1, 0.15) is 12.5 Å². The zero-order valence-electron chi connectivity index (χ0n) is 5.55. The van der Waals surface area contributed by atoms with Gasteiger partial charge in [0.2, 0.25) is 0 Å². The van der Waals surface area contributed by atoms with Gasteiger partial charge in [0.15, 0.2) is 0 Å². The molecule has 1 aromatic rings. The summed E-state index contributed by atoms with van der Waals surface area (Å²) >= 11 is 0. The summed E-state index contributed by atoms with van der Waals surface area (Å²) in [5, 5.41) is 3.48. The van der Waals surface area contributed by atoms with E-state index in [-0.39, 0.29) is 0 Å². The van der Waals surface area contributed by atoms with Gasteiger partial charge >= 0.3 is 0 Å². The maximum Gasteiger partial charge on any atom is 0.139 e. The van der Waals surface area contributed by atoms with E-state index in [2.05, 4.69) is 22.8 Å². The van der Waals surface area contributed by atoms with Gasteiger partial charge in [-0.25, -0.2) is 0 Å². The number of hydrogen-bond donors (Lipinski definition) is 0. The highest BCUT2D eigenvalue weighted by Crippen LogP contribution is 2.01. The molecule has 2 heteroatoms. The van der Waals surface area contributed by atoms with Gasteiger partial charge < -0.3 is 4.52 Å². The van der Waals surface area contributed by atoms with Crippen molar-refractivity contribution in [1.29, 1.82) is 0 Å². The zero-order chi connectivity index (χ0) is 6.53. The maximum atomic E-state index is 4.61. The van der Waals surface area contributed by atoms with E-state index in [1.54, 1.807) is 6.26 Å². The van der Waals surface area contributed by atoms with Crippen LogP contribution < -0.4 is 0 Å². The van der Waals surface area contributed by atoms with Crippen molar-refractivity contribution in [3.8, 4) is 0 Å². The van der Waals surface area contributed by atoms with E-state index in [4.69, 9.17) is 0 Å². The van der Waals surface area contributed by atoms with Crippen molar-refractivity contribution in [3.63, 3.8) is 0 Å². The summed E-state index contributed by atoms with van der Waals surface area (Å²) in [4.78, 5) is 0. The number of hydrogen-bond acceptors (Lipinski definition) is 2.